The summed E-state index contributed by atoms with van der Waals surface area (Å²) in [5.41, 5.74) is 1.92. The minimum atomic E-state index is 0.581. The molecule has 2 aromatic rings. The van der Waals surface area contributed by atoms with Crippen molar-refractivity contribution in [2.24, 2.45) is 5.16 Å². The van der Waals surface area contributed by atoms with Crippen LogP contribution in [0.2, 0.25) is 0 Å². The standard InChI is InChI=1S/C9H12N4OS/c1-4-14-12-6(2)8-7(3)13-9(15-8)10-5-11-13/h5H,4H2,1-3H3/b12-6+. The van der Waals surface area contributed by atoms with E-state index >= 15 is 0 Å². The number of thiazole rings is 1. The predicted octanol–water partition coefficient (Wildman–Crippen LogP) is 1.86. The van der Waals surface area contributed by atoms with E-state index in [9.17, 15) is 0 Å². The molecular weight excluding hydrogens is 212 g/mol. The molecule has 0 aliphatic heterocycles. The van der Waals surface area contributed by atoms with Gasteiger partial charge in [-0.15, -0.1) is 0 Å². The van der Waals surface area contributed by atoms with Crippen LogP contribution < -0.4 is 0 Å². The van der Waals surface area contributed by atoms with Gasteiger partial charge >= 0.3 is 0 Å². The van der Waals surface area contributed by atoms with E-state index in [0.717, 1.165) is 21.2 Å². The van der Waals surface area contributed by atoms with Crippen molar-refractivity contribution in [3.63, 3.8) is 0 Å². The largest absolute Gasteiger partial charge is 0.396 e. The molecule has 6 heteroatoms. The highest BCUT2D eigenvalue weighted by atomic mass is 32.1. The number of aromatic nitrogens is 3. The van der Waals surface area contributed by atoms with E-state index in [1.807, 2.05) is 25.3 Å². The number of oxime groups is 1. The molecule has 0 N–H and O–H groups in total. The maximum Gasteiger partial charge on any atom is 0.212 e. The van der Waals surface area contributed by atoms with Crippen molar-refractivity contribution in [1.29, 1.82) is 0 Å². The molecule has 2 heterocycles. The van der Waals surface area contributed by atoms with Crippen LogP contribution in [-0.2, 0) is 4.84 Å². The summed E-state index contributed by atoms with van der Waals surface area (Å²) in [5.74, 6) is 0. The van der Waals surface area contributed by atoms with Gasteiger partial charge in [-0.05, 0) is 20.8 Å². The molecule has 2 rings (SSSR count). The monoisotopic (exact) mass is 224 g/mol. The van der Waals surface area contributed by atoms with Crippen LogP contribution in [0.25, 0.3) is 4.96 Å². The highest BCUT2D eigenvalue weighted by Crippen LogP contribution is 2.21. The van der Waals surface area contributed by atoms with Crippen LogP contribution in [0.1, 0.15) is 24.4 Å². The van der Waals surface area contributed by atoms with Crippen molar-refractivity contribution in [2.45, 2.75) is 20.8 Å². The van der Waals surface area contributed by atoms with E-state index in [1.54, 1.807) is 17.7 Å². The molecule has 0 amide bonds. The minimum absolute atomic E-state index is 0.581. The Morgan fingerprint density at radius 3 is 3.13 bits per heavy atom. The Balaban J connectivity index is 2.43. The molecule has 0 bridgehead atoms. The fourth-order valence-corrected chi connectivity index (χ4v) is 2.30. The Bertz CT molecular complexity index is 499. The molecule has 0 unspecified atom stereocenters. The van der Waals surface area contributed by atoms with E-state index in [1.165, 1.54) is 0 Å². The summed E-state index contributed by atoms with van der Waals surface area (Å²) in [6, 6.07) is 0. The third kappa shape index (κ3) is 1.72. The molecule has 0 spiro atoms. The number of nitrogens with zero attached hydrogens (tertiary/aromatic N) is 4. The van der Waals surface area contributed by atoms with Crippen molar-refractivity contribution in [3.8, 4) is 0 Å². The second kappa shape index (κ2) is 3.98. The van der Waals surface area contributed by atoms with Crippen LogP contribution >= 0.6 is 11.3 Å². The van der Waals surface area contributed by atoms with E-state index in [0.29, 0.717) is 6.61 Å². The van der Waals surface area contributed by atoms with Gasteiger partial charge in [0, 0.05) is 0 Å². The minimum Gasteiger partial charge on any atom is -0.396 e. The maximum absolute atomic E-state index is 5.02. The Morgan fingerprint density at radius 1 is 1.67 bits per heavy atom. The Kier molecular flexibility index (Phi) is 2.68. The average molecular weight is 224 g/mol. The van der Waals surface area contributed by atoms with Crippen LogP contribution in [-0.4, -0.2) is 26.9 Å². The van der Waals surface area contributed by atoms with Gasteiger partial charge in [-0.2, -0.15) is 5.10 Å². The first-order valence-corrected chi connectivity index (χ1v) is 5.51. The lowest BCUT2D eigenvalue weighted by molar-refractivity contribution is 0.159. The third-order valence-electron chi connectivity index (χ3n) is 2.02. The van der Waals surface area contributed by atoms with Crippen molar-refractivity contribution < 1.29 is 4.84 Å². The zero-order valence-corrected chi connectivity index (χ0v) is 9.71. The van der Waals surface area contributed by atoms with Crippen LogP contribution in [0.3, 0.4) is 0 Å². The molecular formula is C9H12N4OS. The highest BCUT2D eigenvalue weighted by molar-refractivity contribution is 7.19. The van der Waals surface area contributed by atoms with Gasteiger partial charge in [-0.3, -0.25) is 0 Å². The average Bonchev–Trinajstić information content (AvgIpc) is 2.78. The van der Waals surface area contributed by atoms with Gasteiger partial charge in [0.05, 0.1) is 16.3 Å². The summed E-state index contributed by atoms with van der Waals surface area (Å²) in [4.78, 5) is 11.1. The fraction of sp³-hybridized carbons (Fsp3) is 0.444. The summed E-state index contributed by atoms with van der Waals surface area (Å²) < 4.78 is 1.81. The van der Waals surface area contributed by atoms with Gasteiger partial charge in [-0.25, -0.2) is 9.50 Å². The second-order valence-corrected chi connectivity index (χ2v) is 4.04. The van der Waals surface area contributed by atoms with Gasteiger partial charge in [0.25, 0.3) is 0 Å². The normalized spacial score (nSPS) is 12.3. The van der Waals surface area contributed by atoms with Crippen LogP contribution in [0, 0.1) is 6.92 Å². The molecule has 0 radical (unpaired) electrons. The lowest BCUT2D eigenvalue weighted by Gasteiger charge is -1.98. The topological polar surface area (TPSA) is 51.8 Å². The van der Waals surface area contributed by atoms with E-state index in [-0.39, 0.29) is 0 Å². The summed E-state index contributed by atoms with van der Waals surface area (Å²) >= 11 is 1.57. The van der Waals surface area contributed by atoms with Gasteiger partial charge in [-0.1, -0.05) is 16.5 Å². The molecule has 0 aliphatic rings. The number of hydrogen-bond acceptors (Lipinski definition) is 5. The Labute approximate surface area is 91.4 Å². The highest BCUT2D eigenvalue weighted by Gasteiger charge is 2.12. The first-order chi connectivity index (χ1) is 7.24. The van der Waals surface area contributed by atoms with Gasteiger partial charge in [0.15, 0.2) is 0 Å². The van der Waals surface area contributed by atoms with Crippen molar-refractivity contribution in [2.75, 3.05) is 6.61 Å². The van der Waals surface area contributed by atoms with Crippen molar-refractivity contribution in [3.05, 3.63) is 16.9 Å². The predicted molar refractivity (Wildman–Crippen MR) is 59.4 cm³/mol. The summed E-state index contributed by atoms with van der Waals surface area (Å²) in [6.45, 7) is 6.41. The Hall–Kier alpha value is -1.43. The van der Waals surface area contributed by atoms with Crippen LogP contribution in [0.15, 0.2) is 11.5 Å². The molecule has 15 heavy (non-hydrogen) atoms. The number of rotatable bonds is 3. The SMILES string of the molecule is CCO/N=C(\C)c1sc2ncnn2c1C. The fourth-order valence-electron chi connectivity index (χ4n) is 1.33. The lowest BCUT2D eigenvalue weighted by Crippen LogP contribution is -1.98. The number of hydrogen-bond donors (Lipinski definition) is 0. The molecule has 0 atom stereocenters. The van der Waals surface area contributed by atoms with Crippen LogP contribution in [0.4, 0.5) is 0 Å². The van der Waals surface area contributed by atoms with Gasteiger partial charge in [0.2, 0.25) is 4.96 Å². The molecule has 80 valence electrons. The number of fused-ring (bicyclic) bond motifs is 1. The second-order valence-electron chi connectivity index (χ2n) is 3.07. The van der Waals surface area contributed by atoms with Gasteiger partial charge < -0.3 is 4.84 Å². The summed E-state index contributed by atoms with van der Waals surface area (Å²) in [5, 5.41) is 8.13. The van der Waals surface area contributed by atoms with Crippen molar-refractivity contribution >= 4 is 22.0 Å². The first-order valence-electron chi connectivity index (χ1n) is 4.70. The molecule has 0 aliphatic carbocycles. The lowest BCUT2D eigenvalue weighted by atomic mass is 10.3. The molecule has 0 saturated carbocycles. The van der Waals surface area contributed by atoms with E-state index in [4.69, 9.17) is 4.84 Å². The Morgan fingerprint density at radius 2 is 2.47 bits per heavy atom. The van der Waals surface area contributed by atoms with Gasteiger partial charge in [0.1, 0.15) is 12.9 Å². The van der Waals surface area contributed by atoms with E-state index in [2.05, 4.69) is 15.2 Å². The first kappa shape index (κ1) is 10.1. The molecule has 5 nitrogen and oxygen atoms in total. The van der Waals surface area contributed by atoms with Crippen molar-refractivity contribution in [1.82, 2.24) is 14.6 Å². The number of aryl methyl sites for hydroxylation is 1. The smallest absolute Gasteiger partial charge is 0.212 e. The molecule has 0 saturated heterocycles. The molecule has 0 fully saturated rings. The summed E-state index contributed by atoms with van der Waals surface area (Å²) in [7, 11) is 0. The molecule has 2 aromatic heterocycles. The van der Waals surface area contributed by atoms with E-state index < -0.39 is 0 Å². The summed E-state index contributed by atoms with van der Waals surface area (Å²) in [6.07, 6.45) is 1.55. The quantitative estimate of drug-likeness (QED) is 0.590. The van der Waals surface area contributed by atoms with Crippen LogP contribution in [0.5, 0.6) is 0 Å². The molecule has 0 aromatic carbocycles. The zero-order valence-electron chi connectivity index (χ0n) is 8.89. The maximum atomic E-state index is 5.02. The zero-order chi connectivity index (χ0) is 10.8. The third-order valence-corrected chi connectivity index (χ3v) is 3.27.